The van der Waals surface area contributed by atoms with E-state index in [4.69, 9.17) is 11.6 Å². The van der Waals surface area contributed by atoms with Gasteiger partial charge in [0.15, 0.2) is 5.65 Å². The molecule has 0 saturated carbocycles. The number of piperazine rings is 1. The van der Waals surface area contributed by atoms with Crippen LogP contribution in [0, 0.1) is 0 Å². The minimum absolute atomic E-state index is 0.639. The molecule has 0 amide bonds. The quantitative estimate of drug-likeness (QED) is 0.433. The van der Waals surface area contributed by atoms with Gasteiger partial charge in [0.25, 0.3) is 0 Å². The molecule has 0 radical (unpaired) electrons. The van der Waals surface area contributed by atoms with Crippen molar-refractivity contribution in [3.8, 4) is 5.69 Å². The van der Waals surface area contributed by atoms with Gasteiger partial charge in [0.05, 0.1) is 28.0 Å². The van der Waals surface area contributed by atoms with E-state index in [1.165, 1.54) is 44.7 Å². The maximum absolute atomic E-state index is 6.32. The largest absolute Gasteiger partial charge is 0.371 e. The Labute approximate surface area is 216 Å². The van der Waals surface area contributed by atoms with Gasteiger partial charge in [-0.15, -0.1) is 0 Å². The number of nitrogens with zero attached hydrogens (tertiary/aromatic N) is 7. The monoisotopic (exact) mass is 502 g/mol. The SMILES string of the molecule is CN1CCN(C2CCN(c3ccc(-n4ncc5c(Nc6ccccc6Cl)ncnc54)cc3)CC2)CC1. The molecule has 2 aromatic heterocycles. The fourth-order valence-corrected chi connectivity index (χ4v) is 5.49. The number of anilines is 3. The molecule has 4 aromatic rings. The van der Waals surface area contributed by atoms with E-state index in [0.717, 1.165) is 41.5 Å². The molecule has 9 heteroatoms. The van der Waals surface area contributed by atoms with E-state index in [1.807, 2.05) is 28.9 Å². The maximum atomic E-state index is 6.32. The first-order valence-corrected chi connectivity index (χ1v) is 13.0. The number of aromatic nitrogens is 4. The van der Waals surface area contributed by atoms with Crippen LogP contribution in [0.15, 0.2) is 61.1 Å². The molecule has 36 heavy (non-hydrogen) atoms. The zero-order valence-corrected chi connectivity index (χ0v) is 21.3. The van der Waals surface area contributed by atoms with Crippen LogP contribution in [0.1, 0.15) is 12.8 Å². The van der Waals surface area contributed by atoms with Crippen molar-refractivity contribution in [2.45, 2.75) is 18.9 Å². The number of fused-ring (bicyclic) bond motifs is 1. The number of likely N-dealkylation sites (N-methyl/N-ethyl adjacent to an activating group) is 1. The number of hydrogen-bond donors (Lipinski definition) is 1. The first-order valence-electron chi connectivity index (χ1n) is 12.6. The number of para-hydroxylation sites is 1. The van der Waals surface area contributed by atoms with Crippen molar-refractivity contribution in [1.82, 2.24) is 29.5 Å². The van der Waals surface area contributed by atoms with Crippen LogP contribution in [0.3, 0.4) is 0 Å². The smallest absolute Gasteiger partial charge is 0.168 e. The van der Waals surface area contributed by atoms with Crippen LogP contribution < -0.4 is 10.2 Å². The van der Waals surface area contributed by atoms with Gasteiger partial charge in [-0.05, 0) is 56.3 Å². The van der Waals surface area contributed by atoms with E-state index in [1.54, 1.807) is 12.5 Å². The summed E-state index contributed by atoms with van der Waals surface area (Å²) in [5, 5.41) is 9.41. The highest BCUT2D eigenvalue weighted by atomic mass is 35.5. The maximum Gasteiger partial charge on any atom is 0.168 e. The molecular weight excluding hydrogens is 472 g/mol. The molecule has 0 unspecified atom stereocenters. The van der Waals surface area contributed by atoms with Gasteiger partial charge in [-0.25, -0.2) is 14.6 Å². The molecule has 4 heterocycles. The second-order valence-corrected chi connectivity index (χ2v) is 10.1. The van der Waals surface area contributed by atoms with Gasteiger partial charge in [0.2, 0.25) is 0 Å². The molecule has 2 aliphatic rings. The highest BCUT2D eigenvalue weighted by Gasteiger charge is 2.26. The molecule has 8 nitrogen and oxygen atoms in total. The summed E-state index contributed by atoms with van der Waals surface area (Å²) in [5.74, 6) is 0.680. The Morgan fingerprint density at radius 3 is 2.33 bits per heavy atom. The lowest BCUT2D eigenvalue weighted by atomic mass is 10.0. The van der Waals surface area contributed by atoms with Gasteiger partial charge in [-0.2, -0.15) is 5.10 Å². The Morgan fingerprint density at radius 1 is 0.861 bits per heavy atom. The molecule has 2 fully saturated rings. The second kappa shape index (κ2) is 10.0. The number of hydrogen-bond acceptors (Lipinski definition) is 7. The zero-order chi connectivity index (χ0) is 24.5. The minimum Gasteiger partial charge on any atom is -0.371 e. The fourth-order valence-electron chi connectivity index (χ4n) is 5.30. The van der Waals surface area contributed by atoms with Crippen LogP contribution in [0.5, 0.6) is 0 Å². The van der Waals surface area contributed by atoms with Crippen LogP contribution in [0.25, 0.3) is 16.7 Å². The van der Waals surface area contributed by atoms with Crippen LogP contribution in [0.4, 0.5) is 17.2 Å². The van der Waals surface area contributed by atoms with E-state index in [-0.39, 0.29) is 0 Å². The topological polar surface area (TPSA) is 65.3 Å². The number of nitrogens with one attached hydrogen (secondary N) is 1. The Bertz CT molecular complexity index is 1320. The van der Waals surface area contributed by atoms with Crippen molar-refractivity contribution in [2.75, 3.05) is 56.5 Å². The van der Waals surface area contributed by atoms with E-state index in [2.05, 4.69) is 66.4 Å². The summed E-state index contributed by atoms with van der Waals surface area (Å²) in [5.41, 5.74) is 3.79. The molecule has 0 spiro atoms. The standard InChI is InChI=1S/C27H31ClN8/c1-33-14-16-35(17-15-33)21-10-12-34(13-11-21)20-6-8-22(9-7-20)36-27-23(18-31-36)26(29-19-30-27)32-25-5-3-2-4-24(25)28/h2-9,18-19,21H,10-17H2,1H3,(H,29,30,32). The fraction of sp³-hybridized carbons (Fsp3) is 0.370. The third-order valence-electron chi connectivity index (χ3n) is 7.47. The van der Waals surface area contributed by atoms with Crippen LogP contribution in [-0.2, 0) is 0 Å². The lowest BCUT2D eigenvalue weighted by Gasteiger charge is -2.42. The lowest BCUT2D eigenvalue weighted by molar-refractivity contribution is 0.0982. The van der Waals surface area contributed by atoms with Gasteiger partial charge in [-0.1, -0.05) is 23.7 Å². The molecule has 0 bridgehead atoms. The summed E-state index contributed by atoms with van der Waals surface area (Å²) in [7, 11) is 2.22. The molecule has 186 valence electrons. The van der Waals surface area contributed by atoms with Crippen molar-refractivity contribution >= 4 is 39.8 Å². The summed E-state index contributed by atoms with van der Waals surface area (Å²) in [4.78, 5) is 16.6. The van der Waals surface area contributed by atoms with E-state index < -0.39 is 0 Å². The Morgan fingerprint density at radius 2 is 1.58 bits per heavy atom. The highest BCUT2D eigenvalue weighted by Crippen LogP contribution is 2.29. The van der Waals surface area contributed by atoms with E-state index in [9.17, 15) is 0 Å². The molecule has 0 atom stereocenters. The summed E-state index contributed by atoms with van der Waals surface area (Å²) in [6, 6.07) is 17.0. The number of benzene rings is 2. The molecule has 2 aliphatic heterocycles. The number of rotatable bonds is 5. The third-order valence-corrected chi connectivity index (χ3v) is 7.80. The van der Waals surface area contributed by atoms with Crippen molar-refractivity contribution in [3.63, 3.8) is 0 Å². The average molecular weight is 503 g/mol. The highest BCUT2D eigenvalue weighted by molar-refractivity contribution is 6.33. The zero-order valence-electron chi connectivity index (χ0n) is 20.5. The van der Waals surface area contributed by atoms with Gasteiger partial charge in [-0.3, -0.25) is 4.90 Å². The van der Waals surface area contributed by atoms with Gasteiger partial charge in [0.1, 0.15) is 12.1 Å². The van der Waals surface area contributed by atoms with Crippen molar-refractivity contribution in [2.24, 2.45) is 0 Å². The molecule has 0 aliphatic carbocycles. The predicted octanol–water partition coefficient (Wildman–Crippen LogP) is 4.43. The van der Waals surface area contributed by atoms with Gasteiger partial charge in [0, 0.05) is 51.0 Å². The molecular formula is C27H31ClN8. The van der Waals surface area contributed by atoms with Gasteiger partial charge < -0.3 is 15.1 Å². The number of halogens is 1. The Hall–Kier alpha value is -3.20. The average Bonchev–Trinajstić information content (AvgIpc) is 3.36. The van der Waals surface area contributed by atoms with Crippen LogP contribution in [0.2, 0.25) is 5.02 Å². The normalized spacial score (nSPS) is 18.1. The third kappa shape index (κ3) is 4.64. The Balaban J connectivity index is 1.15. The Kier molecular flexibility index (Phi) is 6.48. The predicted molar refractivity (Wildman–Crippen MR) is 146 cm³/mol. The van der Waals surface area contributed by atoms with Crippen LogP contribution in [-0.4, -0.2) is 81.9 Å². The van der Waals surface area contributed by atoms with E-state index in [0.29, 0.717) is 10.8 Å². The minimum atomic E-state index is 0.639. The lowest BCUT2D eigenvalue weighted by Crippen LogP contribution is -2.52. The summed E-state index contributed by atoms with van der Waals surface area (Å²) in [6.07, 6.45) is 5.81. The van der Waals surface area contributed by atoms with E-state index >= 15 is 0 Å². The first-order chi connectivity index (χ1) is 17.7. The van der Waals surface area contributed by atoms with Crippen molar-refractivity contribution < 1.29 is 0 Å². The van der Waals surface area contributed by atoms with Gasteiger partial charge >= 0.3 is 0 Å². The van der Waals surface area contributed by atoms with Crippen LogP contribution >= 0.6 is 11.6 Å². The second-order valence-electron chi connectivity index (χ2n) is 9.69. The molecule has 6 rings (SSSR count). The summed E-state index contributed by atoms with van der Waals surface area (Å²) in [6.45, 7) is 6.98. The molecule has 2 saturated heterocycles. The molecule has 1 N–H and O–H groups in total. The summed E-state index contributed by atoms with van der Waals surface area (Å²) < 4.78 is 1.86. The summed E-state index contributed by atoms with van der Waals surface area (Å²) >= 11 is 6.32. The first kappa shape index (κ1) is 23.2. The van der Waals surface area contributed by atoms with Crippen molar-refractivity contribution in [3.05, 3.63) is 66.1 Å². The van der Waals surface area contributed by atoms with Crippen molar-refractivity contribution in [1.29, 1.82) is 0 Å². The number of piperidine rings is 1. The molecule has 2 aromatic carbocycles.